The summed E-state index contributed by atoms with van der Waals surface area (Å²) in [5.41, 5.74) is 1.21. The maximum Gasteiger partial charge on any atom is 0.260 e. The van der Waals surface area contributed by atoms with Crippen LogP contribution >= 0.6 is 34.5 Å². The monoisotopic (exact) mass is 451 g/mol. The number of amides is 1. The molecule has 1 aromatic heterocycles. The first-order valence-electron chi connectivity index (χ1n) is 9.34. The highest BCUT2D eigenvalue weighted by Crippen LogP contribution is 2.35. The van der Waals surface area contributed by atoms with Crippen LogP contribution in [-0.2, 0) is 0 Å². The molecular formula is C21H23Cl2N3O2S. The number of rotatable bonds is 8. The molecule has 3 rings (SSSR count). The summed E-state index contributed by atoms with van der Waals surface area (Å²) in [4.78, 5) is 21.9. The lowest BCUT2D eigenvalue weighted by atomic mass is 10.2. The minimum absolute atomic E-state index is 0.176. The number of benzene rings is 2. The lowest BCUT2D eigenvalue weighted by Crippen LogP contribution is -2.33. The Labute approximate surface area is 184 Å². The van der Waals surface area contributed by atoms with Crippen LogP contribution in [0.4, 0.5) is 5.13 Å². The average molecular weight is 452 g/mol. The smallest absolute Gasteiger partial charge is 0.260 e. The number of nitrogens with zero attached hydrogens (tertiary/aromatic N) is 3. The van der Waals surface area contributed by atoms with Gasteiger partial charge >= 0.3 is 0 Å². The zero-order valence-corrected chi connectivity index (χ0v) is 18.9. The molecule has 0 N–H and O–H groups in total. The topological polar surface area (TPSA) is 45.7 Å². The van der Waals surface area contributed by atoms with Crippen LogP contribution in [0, 0.1) is 0 Å². The molecule has 0 unspecified atom stereocenters. The second-order valence-electron chi connectivity index (χ2n) is 6.80. The van der Waals surface area contributed by atoms with Gasteiger partial charge in [-0.25, -0.2) is 4.98 Å². The van der Waals surface area contributed by atoms with Gasteiger partial charge in [-0.15, -0.1) is 0 Å². The first-order valence-corrected chi connectivity index (χ1v) is 10.9. The van der Waals surface area contributed by atoms with E-state index in [0.717, 1.165) is 28.9 Å². The largest absolute Gasteiger partial charge is 0.492 e. The average Bonchev–Trinajstić information content (AvgIpc) is 3.09. The number of fused-ring (bicyclic) bond motifs is 1. The molecule has 0 spiro atoms. The number of aromatic nitrogens is 1. The number of hydrogen-bond acceptors (Lipinski definition) is 5. The van der Waals surface area contributed by atoms with Crippen molar-refractivity contribution in [1.82, 2.24) is 9.88 Å². The Bertz CT molecular complexity index is 987. The minimum atomic E-state index is -0.176. The molecule has 0 radical (unpaired) electrons. The van der Waals surface area contributed by atoms with Gasteiger partial charge in [0.2, 0.25) is 0 Å². The lowest BCUT2D eigenvalue weighted by molar-refractivity contribution is 0.0986. The van der Waals surface area contributed by atoms with Crippen molar-refractivity contribution in [3.63, 3.8) is 0 Å². The van der Waals surface area contributed by atoms with Crippen molar-refractivity contribution in [3.8, 4) is 5.75 Å². The van der Waals surface area contributed by atoms with Gasteiger partial charge in [-0.1, -0.05) is 40.6 Å². The Morgan fingerprint density at radius 2 is 1.86 bits per heavy atom. The predicted octanol–water partition coefficient (Wildman–Crippen LogP) is 5.60. The molecule has 1 heterocycles. The number of hydrogen-bond donors (Lipinski definition) is 0. The number of halogens is 2. The number of thiazole rings is 1. The van der Waals surface area contributed by atoms with E-state index in [4.69, 9.17) is 32.9 Å². The van der Waals surface area contributed by atoms with Gasteiger partial charge in [0.1, 0.15) is 11.3 Å². The van der Waals surface area contributed by atoms with Gasteiger partial charge < -0.3 is 9.64 Å². The Hall–Kier alpha value is -1.86. The molecule has 0 atom stereocenters. The third-order valence-electron chi connectivity index (χ3n) is 4.24. The van der Waals surface area contributed by atoms with E-state index in [0.29, 0.717) is 33.9 Å². The molecule has 0 saturated carbocycles. The molecular weight excluding hydrogens is 429 g/mol. The van der Waals surface area contributed by atoms with Crippen LogP contribution in [0.3, 0.4) is 0 Å². The zero-order chi connectivity index (χ0) is 21.0. The van der Waals surface area contributed by atoms with Crippen LogP contribution in [-0.4, -0.2) is 49.6 Å². The number of carbonyl (C=O) groups excluding carboxylic acids is 1. The summed E-state index contributed by atoms with van der Waals surface area (Å²) < 4.78 is 6.67. The minimum Gasteiger partial charge on any atom is -0.492 e. The summed E-state index contributed by atoms with van der Waals surface area (Å²) >= 11 is 13.7. The van der Waals surface area contributed by atoms with Crippen LogP contribution in [0.2, 0.25) is 10.0 Å². The normalized spacial score (nSPS) is 11.2. The quantitative estimate of drug-likeness (QED) is 0.446. The highest BCUT2D eigenvalue weighted by atomic mass is 35.5. The molecule has 2 aromatic carbocycles. The van der Waals surface area contributed by atoms with Gasteiger partial charge in [-0.3, -0.25) is 9.69 Å². The molecule has 154 valence electrons. The van der Waals surface area contributed by atoms with Gasteiger partial charge in [0.15, 0.2) is 5.13 Å². The van der Waals surface area contributed by atoms with Crippen molar-refractivity contribution in [1.29, 1.82) is 0 Å². The predicted molar refractivity (Wildman–Crippen MR) is 122 cm³/mol. The van der Waals surface area contributed by atoms with Crippen LogP contribution in [0.15, 0.2) is 36.4 Å². The van der Waals surface area contributed by atoms with Gasteiger partial charge in [-0.05, 0) is 64.3 Å². The molecule has 29 heavy (non-hydrogen) atoms. The summed E-state index contributed by atoms with van der Waals surface area (Å²) in [5.74, 6) is 0.546. The van der Waals surface area contributed by atoms with E-state index in [1.807, 2.05) is 39.2 Å². The highest BCUT2D eigenvalue weighted by molar-refractivity contribution is 7.22. The molecule has 0 aliphatic rings. The second-order valence-corrected chi connectivity index (χ2v) is 8.69. The summed E-state index contributed by atoms with van der Waals surface area (Å²) in [6, 6.07) is 10.7. The summed E-state index contributed by atoms with van der Waals surface area (Å²) in [5, 5.41) is 1.49. The third-order valence-corrected chi connectivity index (χ3v) is 5.72. The summed E-state index contributed by atoms with van der Waals surface area (Å²) in [6.07, 6.45) is 0.807. The lowest BCUT2D eigenvalue weighted by Gasteiger charge is -2.21. The molecule has 0 aliphatic heterocycles. The van der Waals surface area contributed by atoms with Crippen molar-refractivity contribution < 1.29 is 9.53 Å². The standard InChI is InChI=1S/C21H23Cl2N3O2S/c1-4-28-17-7-5-8-18-19(17)24-21(29-18)26(10-6-9-25(2)3)20(27)14-11-15(22)13-16(23)12-14/h5,7-8,11-13H,4,6,9-10H2,1-3H3. The van der Waals surface area contributed by atoms with E-state index in [1.165, 1.54) is 11.3 Å². The SMILES string of the molecule is CCOc1cccc2sc(N(CCCN(C)C)C(=O)c3cc(Cl)cc(Cl)c3)nc12. The molecule has 5 nitrogen and oxygen atoms in total. The second kappa shape index (κ2) is 9.76. The number of carbonyl (C=O) groups is 1. The van der Waals surface area contributed by atoms with Gasteiger partial charge in [0.25, 0.3) is 5.91 Å². The fourth-order valence-corrected chi connectivity index (χ4v) is 4.49. The molecule has 0 saturated heterocycles. The van der Waals surface area contributed by atoms with Crippen molar-refractivity contribution in [3.05, 3.63) is 52.0 Å². The molecule has 0 bridgehead atoms. The zero-order valence-electron chi connectivity index (χ0n) is 16.6. The Balaban J connectivity index is 1.99. The van der Waals surface area contributed by atoms with Crippen LogP contribution in [0.5, 0.6) is 5.75 Å². The maximum absolute atomic E-state index is 13.3. The summed E-state index contributed by atoms with van der Waals surface area (Å²) in [7, 11) is 4.02. The van der Waals surface area contributed by atoms with E-state index in [9.17, 15) is 4.79 Å². The van der Waals surface area contributed by atoms with Crippen molar-refractivity contribution in [2.24, 2.45) is 0 Å². The molecule has 3 aromatic rings. The molecule has 0 fully saturated rings. The Morgan fingerprint density at radius 1 is 1.14 bits per heavy atom. The van der Waals surface area contributed by atoms with E-state index in [1.54, 1.807) is 23.1 Å². The third kappa shape index (κ3) is 5.39. The number of ether oxygens (including phenoxy) is 1. The first-order chi connectivity index (χ1) is 13.9. The van der Waals surface area contributed by atoms with Crippen molar-refractivity contribution in [2.45, 2.75) is 13.3 Å². The number of para-hydroxylation sites is 1. The van der Waals surface area contributed by atoms with Gasteiger partial charge in [-0.2, -0.15) is 0 Å². The van der Waals surface area contributed by atoms with E-state index < -0.39 is 0 Å². The Kier molecular flexibility index (Phi) is 7.35. The molecule has 0 aliphatic carbocycles. The van der Waals surface area contributed by atoms with Crippen LogP contribution in [0.1, 0.15) is 23.7 Å². The summed E-state index contributed by atoms with van der Waals surface area (Å²) in [6.45, 7) is 3.88. The first kappa shape index (κ1) is 21.8. The molecule has 8 heteroatoms. The van der Waals surface area contributed by atoms with Crippen LogP contribution in [0.25, 0.3) is 10.2 Å². The van der Waals surface area contributed by atoms with Crippen molar-refractivity contribution in [2.75, 3.05) is 38.7 Å². The highest BCUT2D eigenvalue weighted by Gasteiger charge is 2.23. The van der Waals surface area contributed by atoms with E-state index in [2.05, 4.69) is 4.90 Å². The van der Waals surface area contributed by atoms with Crippen molar-refractivity contribution >= 4 is 55.8 Å². The van der Waals surface area contributed by atoms with E-state index in [-0.39, 0.29) is 5.91 Å². The van der Waals surface area contributed by atoms with E-state index >= 15 is 0 Å². The van der Waals surface area contributed by atoms with Gasteiger partial charge in [0.05, 0.1) is 11.3 Å². The maximum atomic E-state index is 13.3. The Morgan fingerprint density at radius 3 is 2.52 bits per heavy atom. The fraction of sp³-hybridized carbons (Fsp3) is 0.333. The number of anilines is 1. The van der Waals surface area contributed by atoms with Crippen LogP contribution < -0.4 is 9.64 Å². The fourth-order valence-electron chi connectivity index (χ4n) is 2.96. The molecule has 1 amide bonds. The van der Waals surface area contributed by atoms with Gasteiger partial charge in [0, 0.05) is 22.2 Å².